The molecular formula is C16H16N2O3S2. The van der Waals surface area contributed by atoms with Crippen LogP contribution in [0.1, 0.15) is 10.4 Å². The molecule has 5 nitrogen and oxygen atoms in total. The number of nitro groups is 1. The van der Waals surface area contributed by atoms with Gasteiger partial charge in [-0.25, -0.2) is 0 Å². The molecule has 120 valence electrons. The minimum Gasteiger partial charge on any atom is -0.351 e. The van der Waals surface area contributed by atoms with Gasteiger partial charge in [0.15, 0.2) is 0 Å². The van der Waals surface area contributed by atoms with E-state index in [1.54, 1.807) is 23.9 Å². The van der Waals surface area contributed by atoms with Crippen LogP contribution in [0.3, 0.4) is 0 Å². The molecule has 0 spiro atoms. The summed E-state index contributed by atoms with van der Waals surface area (Å²) < 4.78 is 0. The second kappa shape index (κ2) is 8.59. The van der Waals surface area contributed by atoms with Crippen molar-refractivity contribution < 1.29 is 9.72 Å². The molecule has 0 radical (unpaired) electrons. The predicted octanol–water partition coefficient (Wildman–Crippen LogP) is 3.84. The first-order chi connectivity index (χ1) is 11.1. The Kier molecular flexibility index (Phi) is 6.49. The molecule has 0 aliphatic rings. The topological polar surface area (TPSA) is 72.2 Å². The molecule has 0 atom stereocenters. The molecule has 23 heavy (non-hydrogen) atoms. The van der Waals surface area contributed by atoms with Gasteiger partial charge in [-0.05, 0) is 30.5 Å². The Morgan fingerprint density at radius 2 is 1.91 bits per heavy atom. The Morgan fingerprint density at radius 1 is 1.17 bits per heavy atom. The van der Waals surface area contributed by atoms with Gasteiger partial charge < -0.3 is 5.32 Å². The molecule has 1 N–H and O–H groups in total. The van der Waals surface area contributed by atoms with Gasteiger partial charge in [-0.15, -0.1) is 23.5 Å². The van der Waals surface area contributed by atoms with Gasteiger partial charge in [0, 0.05) is 28.2 Å². The fourth-order valence-electron chi connectivity index (χ4n) is 1.93. The van der Waals surface area contributed by atoms with E-state index < -0.39 is 10.8 Å². The van der Waals surface area contributed by atoms with Gasteiger partial charge in [-0.2, -0.15) is 0 Å². The number of carbonyl (C=O) groups is 1. The minimum atomic E-state index is -0.530. The van der Waals surface area contributed by atoms with Crippen LogP contribution in [0.25, 0.3) is 0 Å². The van der Waals surface area contributed by atoms with E-state index in [2.05, 4.69) is 5.32 Å². The third-order valence-corrected chi connectivity index (χ3v) is 4.78. The van der Waals surface area contributed by atoms with Crippen molar-refractivity contribution in [1.29, 1.82) is 0 Å². The van der Waals surface area contributed by atoms with Gasteiger partial charge in [0.2, 0.25) is 0 Å². The highest BCUT2D eigenvalue weighted by Crippen LogP contribution is 2.24. The smallest absolute Gasteiger partial charge is 0.282 e. The van der Waals surface area contributed by atoms with Crippen LogP contribution >= 0.6 is 23.5 Å². The lowest BCUT2D eigenvalue weighted by molar-refractivity contribution is -0.385. The van der Waals surface area contributed by atoms with Crippen LogP contribution in [-0.4, -0.2) is 29.4 Å². The maximum atomic E-state index is 12.2. The third kappa shape index (κ3) is 5.01. The Bertz CT molecular complexity index is 693. The van der Waals surface area contributed by atoms with Gasteiger partial charge in [0.25, 0.3) is 11.6 Å². The quantitative estimate of drug-likeness (QED) is 0.356. The van der Waals surface area contributed by atoms with E-state index in [4.69, 9.17) is 0 Å². The number of amides is 1. The first-order valence-corrected chi connectivity index (χ1v) is 9.11. The molecule has 0 saturated heterocycles. The molecule has 0 unspecified atom stereocenters. The highest BCUT2D eigenvalue weighted by molar-refractivity contribution is 7.99. The molecule has 0 aliphatic carbocycles. The van der Waals surface area contributed by atoms with Crippen molar-refractivity contribution in [2.24, 2.45) is 0 Å². The summed E-state index contributed by atoms with van der Waals surface area (Å²) in [6.07, 6.45) is 1.86. The summed E-state index contributed by atoms with van der Waals surface area (Å²) in [4.78, 5) is 24.7. The fourth-order valence-corrected chi connectivity index (χ4v) is 3.16. The maximum Gasteiger partial charge on any atom is 0.282 e. The second-order valence-electron chi connectivity index (χ2n) is 4.56. The fraction of sp³-hybridized carbons (Fsp3) is 0.188. The van der Waals surface area contributed by atoms with Crippen molar-refractivity contribution in [1.82, 2.24) is 5.32 Å². The summed E-state index contributed by atoms with van der Waals surface area (Å²) in [7, 11) is 0. The van der Waals surface area contributed by atoms with Crippen molar-refractivity contribution >= 4 is 35.1 Å². The molecule has 0 fully saturated rings. The summed E-state index contributed by atoms with van der Waals surface area (Å²) in [6, 6.07) is 14.4. The van der Waals surface area contributed by atoms with Crippen molar-refractivity contribution in [2.45, 2.75) is 9.79 Å². The highest BCUT2D eigenvalue weighted by Gasteiger charge is 2.20. The van der Waals surface area contributed by atoms with Crippen LogP contribution in [0, 0.1) is 10.1 Å². The van der Waals surface area contributed by atoms with E-state index >= 15 is 0 Å². The Morgan fingerprint density at radius 3 is 2.57 bits per heavy atom. The summed E-state index contributed by atoms with van der Waals surface area (Å²) in [6.45, 7) is 0.443. The van der Waals surface area contributed by atoms with Crippen LogP contribution in [0.15, 0.2) is 58.3 Å². The van der Waals surface area contributed by atoms with Gasteiger partial charge in [0.1, 0.15) is 5.56 Å². The molecule has 2 aromatic rings. The number of nitrogens with zero attached hydrogens (tertiary/aromatic N) is 1. The Labute approximate surface area is 143 Å². The number of benzene rings is 2. The Balaban J connectivity index is 1.96. The largest absolute Gasteiger partial charge is 0.351 e. The lowest BCUT2D eigenvalue weighted by atomic mass is 10.1. The highest BCUT2D eigenvalue weighted by atomic mass is 32.2. The minimum absolute atomic E-state index is 0.103. The maximum absolute atomic E-state index is 12.2. The molecule has 2 rings (SSSR count). The zero-order chi connectivity index (χ0) is 16.7. The predicted molar refractivity (Wildman–Crippen MR) is 94.4 cm³/mol. The molecule has 2 aromatic carbocycles. The number of hydrogen-bond acceptors (Lipinski definition) is 5. The van der Waals surface area contributed by atoms with Crippen LogP contribution in [0.5, 0.6) is 0 Å². The molecule has 0 aliphatic heterocycles. The summed E-state index contributed by atoms with van der Waals surface area (Å²) in [5.74, 6) is 0.285. The van der Waals surface area contributed by atoms with E-state index in [1.807, 2.05) is 36.6 Å². The van der Waals surface area contributed by atoms with Crippen molar-refractivity contribution in [2.75, 3.05) is 18.6 Å². The SMILES string of the molecule is CSc1ccc([N+](=O)[O-])c(C(=O)NCCSc2ccccc2)c1. The van der Waals surface area contributed by atoms with Crippen molar-refractivity contribution in [3.63, 3.8) is 0 Å². The number of rotatable bonds is 7. The second-order valence-corrected chi connectivity index (χ2v) is 6.61. The van der Waals surface area contributed by atoms with Crippen LogP contribution in [-0.2, 0) is 0 Å². The number of hydrogen-bond donors (Lipinski definition) is 1. The van der Waals surface area contributed by atoms with E-state index in [0.29, 0.717) is 12.3 Å². The van der Waals surface area contributed by atoms with E-state index in [-0.39, 0.29) is 11.3 Å². The van der Waals surface area contributed by atoms with Crippen LogP contribution in [0.2, 0.25) is 0 Å². The number of nitrogens with one attached hydrogen (secondary N) is 1. The zero-order valence-corrected chi connectivity index (χ0v) is 14.2. The molecule has 7 heteroatoms. The summed E-state index contributed by atoms with van der Waals surface area (Å²) in [5.41, 5.74) is -0.0671. The molecule has 0 aromatic heterocycles. The molecular weight excluding hydrogens is 332 g/mol. The summed E-state index contributed by atoms with van der Waals surface area (Å²) in [5, 5.41) is 13.8. The average Bonchev–Trinajstić information content (AvgIpc) is 2.58. The van der Waals surface area contributed by atoms with Gasteiger partial charge in [0.05, 0.1) is 4.92 Å². The molecule has 0 saturated carbocycles. The monoisotopic (exact) mass is 348 g/mol. The van der Waals surface area contributed by atoms with Crippen molar-refractivity contribution in [3.8, 4) is 0 Å². The average molecular weight is 348 g/mol. The van der Waals surface area contributed by atoms with E-state index in [0.717, 1.165) is 9.79 Å². The van der Waals surface area contributed by atoms with E-state index in [9.17, 15) is 14.9 Å². The molecule has 1 amide bonds. The molecule has 0 heterocycles. The third-order valence-electron chi connectivity index (χ3n) is 3.04. The lowest BCUT2D eigenvalue weighted by Gasteiger charge is -2.07. The number of thioether (sulfide) groups is 2. The van der Waals surface area contributed by atoms with Crippen LogP contribution < -0.4 is 5.32 Å². The zero-order valence-electron chi connectivity index (χ0n) is 12.5. The first kappa shape index (κ1) is 17.4. The summed E-state index contributed by atoms with van der Waals surface area (Å²) >= 11 is 3.06. The normalized spacial score (nSPS) is 10.3. The van der Waals surface area contributed by atoms with Crippen LogP contribution in [0.4, 0.5) is 5.69 Å². The van der Waals surface area contributed by atoms with Gasteiger partial charge >= 0.3 is 0 Å². The Hall–Kier alpha value is -1.99. The first-order valence-electron chi connectivity index (χ1n) is 6.90. The molecule has 0 bridgehead atoms. The number of carbonyl (C=O) groups excluding carboxylic acids is 1. The standard InChI is InChI=1S/C16H16N2O3S2/c1-22-13-7-8-15(18(20)21)14(11-13)16(19)17-9-10-23-12-5-3-2-4-6-12/h2-8,11H,9-10H2,1H3,(H,17,19). The number of nitro benzene ring substituents is 1. The van der Waals surface area contributed by atoms with Crippen molar-refractivity contribution in [3.05, 3.63) is 64.2 Å². The lowest BCUT2D eigenvalue weighted by Crippen LogP contribution is -2.26. The van der Waals surface area contributed by atoms with Gasteiger partial charge in [-0.1, -0.05) is 18.2 Å². The van der Waals surface area contributed by atoms with E-state index in [1.165, 1.54) is 17.8 Å². The van der Waals surface area contributed by atoms with Gasteiger partial charge in [-0.3, -0.25) is 14.9 Å².